The molecule has 30 heavy (non-hydrogen) atoms. The maximum Gasteiger partial charge on any atom is 0.338 e. The van der Waals surface area contributed by atoms with Gasteiger partial charge in [0.1, 0.15) is 0 Å². The third kappa shape index (κ3) is 11.7. The van der Waals surface area contributed by atoms with E-state index in [0.717, 1.165) is 31.4 Å². The van der Waals surface area contributed by atoms with Gasteiger partial charge in [0.2, 0.25) is 0 Å². The number of ether oxygens (including phenoxy) is 1. The van der Waals surface area contributed by atoms with Crippen molar-refractivity contribution >= 4 is 5.97 Å². The first-order chi connectivity index (χ1) is 14.6. The highest BCUT2D eigenvalue weighted by Crippen LogP contribution is 2.35. The summed E-state index contributed by atoms with van der Waals surface area (Å²) in [6.45, 7) is 2.56. The van der Waals surface area contributed by atoms with E-state index >= 15 is 0 Å². The second kappa shape index (κ2) is 16.6. The van der Waals surface area contributed by atoms with Gasteiger partial charge in [-0.1, -0.05) is 76.9 Å². The third-order valence-electron chi connectivity index (χ3n) is 5.19. The van der Waals surface area contributed by atoms with Gasteiger partial charge in [0.25, 0.3) is 0 Å². The van der Waals surface area contributed by atoms with Crippen molar-refractivity contribution in [3.05, 3.63) is 29.8 Å². The fourth-order valence-corrected chi connectivity index (χ4v) is 3.32. The zero-order valence-corrected chi connectivity index (χ0v) is 18.6. The molecule has 0 fully saturated rings. The van der Waals surface area contributed by atoms with Crippen molar-refractivity contribution in [1.29, 1.82) is 0 Å². The molecule has 0 unspecified atom stereocenters. The van der Waals surface area contributed by atoms with Crippen LogP contribution in [-0.2, 0) is 4.74 Å². The molecule has 0 saturated heterocycles. The van der Waals surface area contributed by atoms with Gasteiger partial charge in [-0.15, -0.1) is 0 Å². The number of hydrogen-bond donors (Lipinski definition) is 3. The second-order valence-electron chi connectivity index (χ2n) is 7.94. The first-order valence-electron chi connectivity index (χ1n) is 11.6. The van der Waals surface area contributed by atoms with E-state index in [1.807, 2.05) is 0 Å². The van der Waals surface area contributed by atoms with Gasteiger partial charge in [-0.2, -0.15) is 0 Å². The molecule has 0 atom stereocenters. The fourth-order valence-electron chi connectivity index (χ4n) is 3.32. The summed E-state index contributed by atoms with van der Waals surface area (Å²) in [5.41, 5.74) is 0.0207. The molecule has 0 radical (unpaired) electrons. The summed E-state index contributed by atoms with van der Waals surface area (Å²) in [6, 6.07) is 2.17. The molecule has 0 heterocycles. The van der Waals surface area contributed by atoms with Gasteiger partial charge in [0.15, 0.2) is 17.2 Å². The smallest absolute Gasteiger partial charge is 0.338 e. The number of rotatable bonds is 17. The molecule has 1 aromatic rings. The molecule has 0 aromatic heterocycles. The molecule has 0 aliphatic rings. The minimum Gasteiger partial charge on any atom is -0.504 e. The summed E-state index contributed by atoms with van der Waals surface area (Å²) >= 11 is 0. The van der Waals surface area contributed by atoms with Crippen LogP contribution in [0.2, 0.25) is 0 Å². The Balaban J connectivity index is 1.93. The molecule has 1 rings (SSSR count). The highest BCUT2D eigenvalue weighted by Gasteiger charge is 2.14. The maximum atomic E-state index is 11.9. The molecule has 0 bridgehead atoms. The van der Waals surface area contributed by atoms with Crippen LogP contribution in [0.3, 0.4) is 0 Å². The van der Waals surface area contributed by atoms with E-state index < -0.39 is 23.2 Å². The lowest BCUT2D eigenvalue weighted by molar-refractivity contribution is 0.0496. The summed E-state index contributed by atoms with van der Waals surface area (Å²) in [5.74, 6) is -2.34. The molecule has 0 aliphatic heterocycles. The van der Waals surface area contributed by atoms with E-state index in [1.54, 1.807) is 0 Å². The van der Waals surface area contributed by atoms with Gasteiger partial charge in [0, 0.05) is 0 Å². The molecule has 5 nitrogen and oxygen atoms in total. The number of benzene rings is 1. The quantitative estimate of drug-likeness (QED) is 0.109. The lowest BCUT2D eigenvalue weighted by Gasteiger charge is -2.07. The number of hydrogen-bond acceptors (Lipinski definition) is 5. The number of phenols is 3. The van der Waals surface area contributed by atoms with Crippen molar-refractivity contribution in [2.24, 2.45) is 0 Å². The summed E-state index contributed by atoms with van der Waals surface area (Å²) in [5, 5.41) is 28.1. The molecule has 0 amide bonds. The standard InChI is InChI=1S/C25H40O5/c1-2-3-4-5-6-7-8-9-10-11-12-13-14-15-16-17-18-30-25(29)21-19-22(26)24(28)23(27)20-21/h9-10,19-20,26-28H,2-8,11-18H2,1H3/b10-9-. The lowest BCUT2D eigenvalue weighted by Crippen LogP contribution is -2.06. The highest BCUT2D eigenvalue weighted by molar-refractivity contribution is 5.91. The third-order valence-corrected chi connectivity index (χ3v) is 5.19. The topological polar surface area (TPSA) is 87.0 Å². The second-order valence-corrected chi connectivity index (χ2v) is 7.94. The fraction of sp³-hybridized carbons (Fsp3) is 0.640. The molecular weight excluding hydrogens is 380 g/mol. The van der Waals surface area contributed by atoms with Crippen LogP contribution in [0.4, 0.5) is 0 Å². The van der Waals surface area contributed by atoms with Crippen molar-refractivity contribution in [1.82, 2.24) is 0 Å². The number of esters is 1. The summed E-state index contributed by atoms with van der Waals surface area (Å²) in [4.78, 5) is 11.9. The van der Waals surface area contributed by atoms with E-state index in [1.165, 1.54) is 70.6 Å². The van der Waals surface area contributed by atoms with Gasteiger partial charge in [-0.25, -0.2) is 4.79 Å². The summed E-state index contributed by atoms with van der Waals surface area (Å²) in [7, 11) is 0. The Morgan fingerprint density at radius 1 is 0.767 bits per heavy atom. The Labute approximate surface area is 181 Å². The van der Waals surface area contributed by atoms with Crippen LogP contribution in [0.5, 0.6) is 17.2 Å². The SMILES string of the molecule is CCCCCCCC/C=C\CCCCCCCCOC(=O)c1cc(O)c(O)c(O)c1. The Hall–Kier alpha value is -2.17. The predicted molar refractivity (Wildman–Crippen MR) is 121 cm³/mol. The van der Waals surface area contributed by atoms with E-state index in [9.17, 15) is 20.1 Å². The van der Waals surface area contributed by atoms with Gasteiger partial charge >= 0.3 is 5.97 Å². The van der Waals surface area contributed by atoms with Gasteiger partial charge in [-0.05, 0) is 44.2 Å². The predicted octanol–water partition coefficient (Wildman–Crippen LogP) is 7.00. The van der Waals surface area contributed by atoms with E-state index in [0.29, 0.717) is 6.61 Å². The number of unbranched alkanes of at least 4 members (excludes halogenated alkanes) is 12. The number of carbonyl (C=O) groups excluding carboxylic acids is 1. The average molecular weight is 421 g/mol. The van der Waals surface area contributed by atoms with Crippen molar-refractivity contribution < 1.29 is 24.9 Å². The van der Waals surface area contributed by atoms with Gasteiger partial charge < -0.3 is 20.1 Å². The number of allylic oxidation sites excluding steroid dienone is 2. The van der Waals surface area contributed by atoms with E-state index in [4.69, 9.17) is 4.74 Å². The van der Waals surface area contributed by atoms with Crippen LogP contribution in [0, 0.1) is 0 Å². The largest absolute Gasteiger partial charge is 0.504 e. The monoisotopic (exact) mass is 420 g/mol. The molecule has 0 saturated carbocycles. The maximum absolute atomic E-state index is 11.9. The number of carbonyl (C=O) groups is 1. The zero-order valence-electron chi connectivity index (χ0n) is 18.6. The van der Waals surface area contributed by atoms with Crippen molar-refractivity contribution in [3.8, 4) is 17.2 Å². The van der Waals surface area contributed by atoms with Crippen LogP contribution in [0.15, 0.2) is 24.3 Å². The van der Waals surface area contributed by atoms with E-state index in [-0.39, 0.29) is 5.56 Å². The number of aromatic hydroxyl groups is 3. The Morgan fingerprint density at radius 2 is 1.23 bits per heavy atom. The van der Waals surface area contributed by atoms with Gasteiger partial charge in [-0.3, -0.25) is 0 Å². The minimum atomic E-state index is -0.639. The summed E-state index contributed by atoms with van der Waals surface area (Å²) < 4.78 is 5.15. The Kier molecular flexibility index (Phi) is 14.3. The average Bonchev–Trinajstić information content (AvgIpc) is 2.73. The van der Waals surface area contributed by atoms with Crippen LogP contribution in [0.25, 0.3) is 0 Å². The van der Waals surface area contributed by atoms with Crippen LogP contribution in [-0.4, -0.2) is 27.9 Å². The Bertz CT molecular complexity index is 601. The molecule has 0 spiro atoms. The van der Waals surface area contributed by atoms with Crippen molar-refractivity contribution in [2.75, 3.05) is 6.61 Å². The van der Waals surface area contributed by atoms with Crippen LogP contribution >= 0.6 is 0 Å². The molecule has 0 aliphatic carbocycles. The molecule has 3 N–H and O–H groups in total. The van der Waals surface area contributed by atoms with Crippen molar-refractivity contribution in [3.63, 3.8) is 0 Å². The highest BCUT2D eigenvalue weighted by atomic mass is 16.5. The molecular formula is C25H40O5. The first-order valence-corrected chi connectivity index (χ1v) is 11.6. The lowest BCUT2D eigenvalue weighted by atomic mass is 10.1. The molecule has 1 aromatic carbocycles. The van der Waals surface area contributed by atoms with E-state index in [2.05, 4.69) is 19.1 Å². The molecule has 170 valence electrons. The minimum absolute atomic E-state index is 0.0207. The first kappa shape index (κ1) is 25.9. The van der Waals surface area contributed by atoms with Crippen molar-refractivity contribution in [2.45, 2.75) is 96.8 Å². The van der Waals surface area contributed by atoms with Crippen LogP contribution < -0.4 is 0 Å². The summed E-state index contributed by atoms with van der Waals surface area (Å²) in [6.07, 6.45) is 21.7. The zero-order chi connectivity index (χ0) is 22.0. The normalized spacial score (nSPS) is 11.2. The van der Waals surface area contributed by atoms with Gasteiger partial charge in [0.05, 0.1) is 12.2 Å². The number of phenolic OH excluding ortho intramolecular Hbond substituents is 3. The Morgan fingerprint density at radius 3 is 1.77 bits per heavy atom. The molecule has 5 heteroatoms. The van der Waals surface area contributed by atoms with Crippen LogP contribution in [0.1, 0.15) is 107 Å².